The van der Waals surface area contributed by atoms with E-state index in [9.17, 15) is 4.79 Å². The molecule has 0 aromatic heterocycles. The van der Waals surface area contributed by atoms with Gasteiger partial charge in [-0.15, -0.1) is 0 Å². The van der Waals surface area contributed by atoms with Crippen LogP contribution in [0.3, 0.4) is 0 Å². The van der Waals surface area contributed by atoms with Crippen molar-refractivity contribution in [1.82, 2.24) is 0 Å². The van der Waals surface area contributed by atoms with E-state index in [0.29, 0.717) is 21.4 Å². The first-order valence-corrected chi connectivity index (χ1v) is 9.65. The minimum absolute atomic E-state index is 0.284. The standard InChI is InChI=1S/C20H12BrCl3O2/c21-20(19(25)17-10-7-15(23)11-18(17)24)26-16-8-3-13(4-9-16)12-1-5-14(22)6-2-12/h1-11,20H. The first kappa shape index (κ1) is 19.2. The summed E-state index contributed by atoms with van der Waals surface area (Å²) in [6.45, 7) is 0. The quantitative estimate of drug-likeness (QED) is 0.289. The van der Waals surface area contributed by atoms with Crippen molar-refractivity contribution < 1.29 is 9.53 Å². The molecule has 1 atom stereocenters. The minimum Gasteiger partial charge on any atom is -0.471 e. The molecule has 0 heterocycles. The number of carbonyl (C=O) groups is 1. The molecule has 132 valence electrons. The molecule has 3 aromatic carbocycles. The Bertz CT molecular complexity index is 925. The monoisotopic (exact) mass is 468 g/mol. The highest BCUT2D eigenvalue weighted by Crippen LogP contribution is 2.27. The molecule has 0 saturated heterocycles. The molecule has 0 spiro atoms. The Kier molecular flexibility index (Phi) is 6.25. The third-order valence-electron chi connectivity index (χ3n) is 3.67. The topological polar surface area (TPSA) is 26.3 Å². The van der Waals surface area contributed by atoms with E-state index in [1.54, 1.807) is 24.3 Å². The first-order valence-electron chi connectivity index (χ1n) is 7.60. The van der Waals surface area contributed by atoms with Gasteiger partial charge in [0, 0.05) is 15.6 Å². The van der Waals surface area contributed by atoms with Crippen LogP contribution >= 0.6 is 50.7 Å². The molecule has 0 amide bonds. The SMILES string of the molecule is O=C(c1ccc(Cl)cc1Cl)C(Br)Oc1ccc(-c2ccc(Cl)cc2)cc1. The smallest absolute Gasteiger partial charge is 0.215 e. The van der Waals surface area contributed by atoms with Crippen LogP contribution in [0.15, 0.2) is 66.7 Å². The van der Waals surface area contributed by atoms with Gasteiger partial charge >= 0.3 is 0 Å². The molecule has 3 rings (SSSR count). The average molecular weight is 471 g/mol. The molecule has 1 unspecified atom stereocenters. The van der Waals surface area contributed by atoms with Crippen LogP contribution < -0.4 is 4.74 Å². The summed E-state index contributed by atoms with van der Waals surface area (Å²) in [5, 5.41) is 0.586. The summed E-state index contributed by atoms with van der Waals surface area (Å²) in [4.78, 5) is 12.5. The Balaban J connectivity index is 1.72. The van der Waals surface area contributed by atoms with E-state index >= 15 is 0 Å². The van der Waals surface area contributed by atoms with Crippen molar-refractivity contribution in [2.45, 2.75) is 5.01 Å². The number of ether oxygens (including phenoxy) is 1. The molecule has 26 heavy (non-hydrogen) atoms. The lowest BCUT2D eigenvalue weighted by Gasteiger charge is -2.13. The fraction of sp³-hybridized carbons (Fsp3) is 0.0500. The number of hydrogen-bond acceptors (Lipinski definition) is 2. The van der Waals surface area contributed by atoms with Gasteiger partial charge in [0.15, 0.2) is 0 Å². The second-order valence-corrected chi connectivity index (χ2v) is 7.57. The molecule has 3 aromatic rings. The largest absolute Gasteiger partial charge is 0.471 e. The Morgan fingerprint density at radius 2 is 1.35 bits per heavy atom. The van der Waals surface area contributed by atoms with Crippen molar-refractivity contribution in [2.75, 3.05) is 0 Å². The van der Waals surface area contributed by atoms with Crippen molar-refractivity contribution in [3.63, 3.8) is 0 Å². The molecule has 0 radical (unpaired) electrons. The minimum atomic E-state index is -0.859. The zero-order chi connectivity index (χ0) is 18.7. The number of Topliss-reactive ketones (excluding diaryl/α,β-unsaturated/α-hetero) is 1. The van der Waals surface area contributed by atoms with E-state index in [2.05, 4.69) is 15.9 Å². The van der Waals surface area contributed by atoms with Gasteiger partial charge < -0.3 is 4.74 Å². The Morgan fingerprint density at radius 3 is 1.92 bits per heavy atom. The number of halogens is 4. The number of alkyl halides is 1. The summed E-state index contributed by atoms with van der Waals surface area (Å²) in [6, 6.07) is 19.7. The van der Waals surface area contributed by atoms with Gasteiger partial charge in [0.2, 0.25) is 10.8 Å². The van der Waals surface area contributed by atoms with E-state index in [1.807, 2.05) is 36.4 Å². The zero-order valence-electron chi connectivity index (χ0n) is 13.3. The Hall–Kier alpha value is -1.52. The highest BCUT2D eigenvalue weighted by molar-refractivity contribution is 9.09. The van der Waals surface area contributed by atoms with Gasteiger partial charge in [0.1, 0.15) is 5.75 Å². The summed E-state index contributed by atoms with van der Waals surface area (Å²) >= 11 is 21.1. The summed E-state index contributed by atoms with van der Waals surface area (Å²) in [5.41, 5.74) is 2.41. The zero-order valence-corrected chi connectivity index (χ0v) is 17.1. The molecule has 0 aliphatic carbocycles. The second-order valence-electron chi connectivity index (χ2n) is 5.45. The summed E-state index contributed by atoms with van der Waals surface area (Å²) in [7, 11) is 0. The van der Waals surface area contributed by atoms with Crippen LogP contribution in [-0.2, 0) is 0 Å². The maximum absolute atomic E-state index is 12.5. The van der Waals surface area contributed by atoms with Crippen LogP contribution in [0, 0.1) is 0 Å². The number of rotatable bonds is 5. The maximum Gasteiger partial charge on any atom is 0.215 e. The van der Waals surface area contributed by atoms with E-state index in [4.69, 9.17) is 39.5 Å². The van der Waals surface area contributed by atoms with E-state index in [1.165, 1.54) is 6.07 Å². The Labute approximate surface area is 174 Å². The fourth-order valence-corrected chi connectivity index (χ4v) is 3.44. The summed E-state index contributed by atoms with van der Waals surface area (Å²) < 4.78 is 5.68. The third kappa shape index (κ3) is 4.60. The van der Waals surface area contributed by atoms with Crippen LogP contribution in [0.1, 0.15) is 10.4 Å². The number of carbonyl (C=O) groups excluding carboxylic acids is 1. The van der Waals surface area contributed by atoms with Crippen molar-refractivity contribution >= 4 is 56.5 Å². The van der Waals surface area contributed by atoms with E-state index in [0.717, 1.165) is 11.1 Å². The van der Waals surface area contributed by atoms with Gasteiger partial charge in [-0.25, -0.2) is 0 Å². The van der Waals surface area contributed by atoms with Gasteiger partial charge in [-0.05, 0) is 69.5 Å². The average Bonchev–Trinajstić information content (AvgIpc) is 2.62. The fourth-order valence-electron chi connectivity index (χ4n) is 2.35. The molecule has 0 aliphatic heterocycles. The molecule has 6 heteroatoms. The van der Waals surface area contributed by atoms with Gasteiger partial charge in [-0.1, -0.05) is 59.1 Å². The van der Waals surface area contributed by atoms with Crippen LogP contribution in [0.4, 0.5) is 0 Å². The van der Waals surface area contributed by atoms with Gasteiger partial charge in [0.25, 0.3) is 0 Å². The van der Waals surface area contributed by atoms with Crippen molar-refractivity contribution in [1.29, 1.82) is 0 Å². The maximum atomic E-state index is 12.5. The number of benzene rings is 3. The predicted octanol–water partition coefficient (Wildman–Crippen LogP) is 7.30. The lowest BCUT2D eigenvalue weighted by molar-refractivity contribution is 0.0897. The van der Waals surface area contributed by atoms with Crippen LogP contribution in [0.2, 0.25) is 15.1 Å². The van der Waals surface area contributed by atoms with Crippen molar-refractivity contribution in [3.05, 3.63) is 87.4 Å². The first-order chi connectivity index (χ1) is 12.4. The second kappa shape index (κ2) is 8.45. The molecular weight excluding hydrogens is 458 g/mol. The van der Waals surface area contributed by atoms with Gasteiger partial charge in [-0.3, -0.25) is 4.79 Å². The lowest BCUT2D eigenvalue weighted by atomic mass is 10.1. The van der Waals surface area contributed by atoms with Crippen LogP contribution in [0.25, 0.3) is 11.1 Å². The molecule has 0 saturated carbocycles. The number of ketones is 1. The Morgan fingerprint density at radius 1 is 0.808 bits per heavy atom. The molecule has 2 nitrogen and oxygen atoms in total. The van der Waals surface area contributed by atoms with Gasteiger partial charge in [0.05, 0.1) is 5.02 Å². The molecular formula is C20H12BrCl3O2. The summed E-state index contributed by atoms with van der Waals surface area (Å²) in [5.74, 6) is 0.275. The van der Waals surface area contributed by atoms with Crippen LogP contribution in [-0.4, -0.2) is 10.8 Å². The van der Waals surface area contributed by atoms with Crippen molar-refractivity contribution in [2.24, 2.45) is 0 Å². The molecule has 0 N–H and O–H groups in total. The van der Waals surface area contributed by atoms with E-state index < -0.39 is 5.01 Å². The summed E-state index contributed by atoms with van der Waals surface area (Å²) in [6.07, 6.45) is 0. The molecule has 0 aliphatic rings. The highest BCUT2D eigenvalue weighted by atomic mass is 79.9. The molecule has 0 fully saturated rings. The predicted molar refractivity (Wildman–Crippen MR) is 111 cm³/mol. The third-order valence-corrected chi connectivity index (χ3v) is 5.08. The lowest BCUT2D eigenvalue weighted by Crippen LogP contribution is -2.21. The molecule has 0 bridgehead atoms. The number of hydrogen-bond donors (Lipinski definition) is 0. The van der Waals surface area contributed by atoms with Gasteiger partial charge in [-0.2, -0.15) is 0 Å². The van der Waals surface area contributed by atoms with E-state index in [-0.39, 0.29) is 10.8 Å². The van der Waals surface area contributed by atoms with Crippen LogP contribution in [0.5, 0.6) is 5.75 Å². The highest BCUT2D eigenvalue weighted by Gasteiger charge is 2.21. The normalized spacial score (nSPS) is 11.8. The van der Waals surface area contributed by atoms with Crippen molar-refractivity contribution in [3.8, 4) is 16.9 Å².